The molecule has 1 atom stereocenters. The van der Waals surface area contributed by atoms with Gasteiger partial charge in [0.15, 0.2) is 0 Å². The summed E-state index contributed by atoms with van der Waals surface area (Å²) in [5.41, 5.74) is 2.63. The van der Waals surface area contributed by atoms with Crippen molar-refractivity contribution < 1.29 is 14.3 Å². The van der Waals surface area contributed by atoms with Gasteiger partial charge in [0.1, 0.15) is 23.3 Å². The van der Waals surface area contributed by atoms with Crippen molar-refractivity contribution in [1.82, 2.24) is 4.98 Å². The van der Waals surface area contributed by atoms with Gasteiger partial charge in [0.25, 0.3) is 5.91 Å². The molecular formula is C20H18Cl2N2O3. The minimum Gasteiger partial charge on any atom is -0.492 e. The molecule has 27 heavy (non-hydrogen) atoms. The maximum Gasteiger partial charge on any atom is 0.273 e. The number of halogens is 2. The number of amides is 1. The van der Waals surface area contributed by atoms with Gasteiger partial charge in [-0.2, -0.15) is 0 Å². The lowest BCUT2D eigenvalue weighted by Crippen LogP contribution is -2.14. The second-order valence-corrected chi connectivity index (χ2v) is 7.29. The number of rotatable bonds is 4. The minimum atomic E-state index is -0.362. The van der Waals surface area contributed by atoms with Crippen LogP contribution in [0.25, 0.3) is 10.9 Å². The Morgan fingerprint density at radius 2 is 2.15 bits per heavy atom. The maximum absolute atomic E-state index is 12.9. The fourth-order valence-corrected chi connectivity index (χ4v) is 3.75. The molecule has 5 nitrogen and oxygen atoms in total. The predicted molar refractivity (Wildman–Crippen MR) is 108 cm³/mol. The number of aromatic nitrogens is 1. The Kier molecular flexibility index (Phi) is 4.66. The van der Waals surface area contributed by atoms with Crippen LogP contribution in [0.3, 0.4) is 0 Å². The van der Waals surface area contributed by atoms with Crippen LogP contribution in [-0.2, 0) is 6.42 Å². The van der Waals surface area contributed by atoms with Gasteiger partial charge >= 0.3 is 0 Å². The second kappa shape index (κ2) is 6.98. The van der Waals surface area contributed by atoms with Crippen LogP contribution in [0.5, 0.6) is 11.5 Å². The lowest BCUT2D eigenvalue weighted by atomic mass is 10.1. The average Bonchev–Trinajstić information content (AvgIpc) is 3.14. The van der Waals surface area contributed by atoms with Gasteiger partial charge in [-0.25, -0.2) is 0 Å². The number of hydrogen-bond donors (Lipinski definition) is 2. The van der Waals surface area contributed by atoms with Crippen molar-refractivity contribution in [2.24, 2.45) is 0 Å². The number of H-pyrrole nitrogens is 1. The van der Waals surface area contributed by atoms with E-state index in [9.17, 15) is 4.79 Å². The lowest BCUT2D eigenvalue weighted by Gasteiger charge is -2.13. The third-order valence-electron chi connectivity index (χ3n) is 4.47. The molecule has 1 amide bonds. The zero-order valence-corrected chi connectivity index (χ0v) is 16.4. The smallest absolute Gasteiger partial charge is 0.273 e. The Morgan fingerprint density at radius 3 is 2.93 bits per heavy atom. The number of hydrogen-bond acceptors (Lipinski definition) is 3. The quantitative estimate of drug-likeness (QED) is 0.607. The van der Waals surface area contributed by atoms with Crippen molar-refractivity contribution in [3.63, 3.8) is 0 Å². The summed E-state index contributed by atoms with van der Waals surface area (Å²) in [6.45, 7) is 4.40. The average molecular weight is 405 g/mol. The summed E-state index contributed by atoms with van der Waals surface area (Å²) < 4.78 is 11.5. The summed E-state index contributed by atoms with van der Waals surface area (Å²) in [6, 6.07) is 8.98. The third kappa shape index (κ3) is 3.33. The van der Waals surface area contributed by atoms with Gasteiger partial charge in [0.2, 0.25) is 0 Å². The number of anilines is 1. The van der Waals surface area contributed by atoms with E-state index >= 15 is 0 Å². The van der Waals surface area contributed by atoms with E-state index in [1.165, 1.54) is 0 Å². The molecule has 4 rings (SSSR count). The molecule has 1 unspecified atom stereocenters. The summed E-state index contributed by atoms with van der Waals surface area (Å²) in [5.74, 6) is 1.01. The number of carbonyl (C=O) groups excluding carboxylic acids is 1. The molecule has 0 aliphatic carbocycles. The summed E-state index contributed by atoms with van der Waals surface area (Å²) in [6.07, 6.45) is 0.923. The zero-order chi connectivity index (χ0) is 19.1. The molecule has 0 bridgehead atoms. The number of fused-ring (bicyclic) bond motifs is 2. The molecule has 140 valence electrons. The second-order valence-electron chi connectivity index (χ2n) is 6.48. The number of nitrogens with one attached hydrogen (secondary N) is 2. The highest BCUT2D eigenvalue weighted by Crippen LogP contribution is 2.38. The van der Waals surface area contributed by atoms with E-state index < -0.39 is 0 Å². The molecule has 0 saturated heterocycles. The van der Waals surface area contributed by atoms with Gasteiger partial charge in [0, 0.05) is 34.0 Å². The predicted octanol–water partition coefficient (Wildman–Crippen LogP) is 5.45. The van der Waals surface area contributed by atoms with Crippen molar-refractivity contribution in [3.05, 3.63) is 51.6 Å². The van der Waals surface area contributed by atoms with Crippen molar-refractivity contribution in [3.8, 4) is 11.5 Å². The highest BCUT2D eigenvalue weighted by atomic mass is 35.5. The topological polar surface area (TPSA) is 63.3 Å². The molecule has 2 heterocycles. The first kappa shape index (κ1) is 18.0. The van der Waals surface area contributed by atoms with Crippen molar-refractivity contribution in [1.29, 1.82) is 0 Å². The number of carbonyl (C=O) groups is 1. The summed E-state index contributed by atoms with van der Waals surface area (Å²) in [7, 11) is 0. The summed E-state index contributed by atoms with van der Waals surface area (Å²) in [5, 5.41) is 4.46. The number of ether oxygens (including phenoxy) is 2. The first-order valence-corrected chi connectivity index (χ1v) is 9.46. The molecule has 1 aliphatic heterocycles. The summed E-state index contributed by atoms with van der Waals surface area (Å²) in [4.78, 5) is 15.9. The molecule has 0 spiro atoms. The van der Waals surface area contributed by atoms with E-state index in [1.807, 2.05) is 19.9 Å². The Balaban J connectivity index is 1.69. The first-order chi connectivity index (χ1) is 13.0. The van der Waals surface area contributed by atoms with Crippen LogP contribution in [0.4, 0.5) is 5.69 Å². The van der Waals surface area contributed by atoms with E-state index in [0.29, 0.717) is 33.5 Å². The Bertz CT molecular complexity index is 1050. The standard InChI is InChI=1S/C20H18Cl2N2O3/c1-3-26-17-7-11-6-10(2)27-16(11)9-15(17)24-20(25)19-18(22)13-8-12(21)4-5-14(13)23-19/h4-5,7-10,23H,3,6H2,1-2H3,(H,24,25). The molecular weight excluding hydrogens is 387 g/mol. The van der Waals surface area contributed by atoms with Crippen LogP contribution >= 0.6 is 23.2 Å². The molecule has 0 radical (unpaired) electrons. The van der Waals surface area contributed by atoms with Crippen LogP contribution in [-0.4, -0.2) is 23.6 Å². The Labute approximate surface area is 166 Å². The van der Waals surface area contributed by atoms with Crippen molar-refractivity contribution in [2.75, 3.05) is 11.9 Å². The lowest BCUT2D eigenvalue weighted by molar-refractivity contribution is 0.102. The largest absolute Gasteiger partial charge is 0.492 e. The number of benzene rings is 2. The highest BCUT2D eigenvalue weighted by Gasteiger charge is 2.24. The molecule has 0 saturated carbocycles. The van der Waals surface area contributed by atoms with E-state index in [1.54, 1.807) is 24.3 Å². The van der Waals surface area contributed by atoms with Crippen LogP contribution in [0, 0.1) is 0 Å². The van der Waals surface area contributed by atoms with Crippen LogP contribution in [0.1, 0.15) is 29.9 Å². The molecule has 2 aromatic carbocycles. The molecule has 2 N–H and O–H groups in total. The monoisotopic (exact) mass is 404 g/mol. The molecule has 7 heteroatoms. The zero-order valence-electron chi connectivity index (χ0n) is 14.9. The van der Waals surface area contributed by atoms with E-state index in [0.717, 1.165) is 23.3 Å². The Hall–Kier alpha value is -2.37. The van der Waals surface area contributed by atoms with Gasteiger partial charge in [-0.3, -0.25) is 4.79 Å². The van der Waals surface area contributed by atoms with Crippen molar-refractivity contribution >= 4 is 45.7 Å². The fraction of sp³-hybridized carbons (Fsp3) is 0.250. The van der Waals surface area contributed by atoms with E-state index in [-0.39, 0.29) is 17.7 Å². The van der Waals surface area contributed by atoms with Gasteiger partial charge < -0.3 is 19.8 Å². The SMILES string of the molecule is CCOc1cc2c(cc1NC(=O)c1[nH]c3ccc(Cl)cc3c1Cl)OC(C)C2. The Morgan fingerprint density at radius 1 is 1.33 bits per heavy atom. The van der Waals surface area contributed by atoms with Gasteiger partial charge in [0.05, 0.1) is 17.3 Å². The molecule has 3 aromatic rings. The highest BCUT2D eigenvalue weighted by molar-refractivity contribution is 6.40. The van der Waals surface area contributed by atoms with Gasteiger partial charge in [-0.05, 0) is 38.1 Å². The molecule has 0 fully saturated rings. The van der Waals surface area contributed by atoms with Gasteiger partial charge in [-0.1, -0.05) is 23.2 Å². The first-order valence-electron chi connectivity index (χ1n) is 8.70. The van der Waals surface area contributed by atoms with E-state index in [4.69, 9.17) is 32.7 Å². The summed E-state index contributed by atoms with van der Waals surface area (Å²) >= 11 is 12.4. The minimum absolute atomic E-state index is 0.105. The molecule has 1 aromatic heterocycles. The molecule has 1 aliphatic rings. The normalized spacial score (nSPS) is 15.5. The van der Waals surface area contributed by atoms with Crippen LogP contribution < -0.4 is 14.8 Å². The van der Waals surface area contributed by atoms with Crippen LogP contribution in [0.15, 0.2) is 30.3 Å². The third-order valence-corrected chi connectivity index (χ3v) is 5.10. The number of aromatic amines is 1. The van der Waals surface area contributed by atoms with Crippen LogP contribution in [0.2, 0.25) is 10.0 Å². The fourth-order valence-electron chi connectivity index (χ4n) is 3.28. The van der Waals surface area contributed by atoms with Crippen molar-refractivity contribution in [2.45, 2.75) is 26.4 Å². The van der Waals surface area contributed by atoms with E-state index in [2.05, 4.69) is 10.3 Å². The van der Waals surface area contributed by atoms with Gasteiger partial charge in [-0.15, -0.1) is 0 Å². The maximum atomic E-state index is 12.9.